The fourth-order valence-electron chi connectivity index (χ4n) is 2.13. The quantitative estimate of drug-likeness (QED) is 0.421. The van der Waals surface area contributed by atoms with Crippen molar-refractivity contribution in [1.29, 1.82) is 0 Å². The number of aromatic nitrogens is 3. The molecule has 3 aromatic rings. The van der Waals surface area contributed by atoms with Crippen molar-refractivity contribution in [2.24, 2.45) is 0 Å². The van der Waals surface area contributed by atoms with Crippen LogP contribution in [-0.4, -0.2) is 25.6 Å². The molecule has 0 saturated heterocycles. The SMILES string of the molecule is O=C(/C=C/c1ccc(Cl)c([N+](=O)[O-])c1)Nc1ccc(-n2cccn2)nc1. The predicted octanol–water partition coefficient (Wildman–Crippen LogP) is 3.48. The number of pyridine rings is 1. The average molecular weight is 370 g/mol. The molecule has 0 spiro atoms. The van der Waals surface area contributed by atoms with Gasteiger partial charge in [0.25, 0.3) is 5.69 Å². The fraction of sp³-hybridized carbons (Fsp3) is 0. The second kappa shape index (κ2) is 7.58. The Bertz CT molecular complexity index is 969. The number of hydrogen-bond donors (Lipinski definition) is 1. The molecule has 2 aromatic heterocycles. The zero-order valence-corrected chi connectivity index (χ0v) is 14.0. The molecule has 0 bridgehead atoms. The molecule has 26 heavy (non-hydrogen) atoms. The van der Waals surface area contributed by atoms with Gasteiger partial charge in [-0.25, -0.2) is 9.67 Å². The minimum Gasteiger partial charge on any atom is -0.321 e. The summed E-state index contributed by atoms with van der Waals surface area (Å²) in [5.41, 5.74) is 0.786. The summed E-state index contributed by atoms with van der Waals surface area (Å²) >= 11 is 5.75. The van der Waals surface area contributed by atoms with Gasteiger partial charge in [0.15, 0.2) is 5.82 Å². The Labute approximate surface area is 152 Å². The average Bonchev–Trinajstić information content (AvgIpc) is 3.16. The van der Waals surface area contributed by atoms with Crippen LogP contribution in [0.4, 0.5) is 11.4 Å². The van der Waals surface area contributed by atoms with Crippen molar-refractivity contribution < 1.29 is 9.72 Å². The predicted molar refractivity (Wildman–Crippen MR) is 97.1 cm³/mol. The Balaban J connectivity index is 1.66. The standard InChI is InChI=1S/C17H12ClN5O3/c18-14-5-2-12(10-15(14)23(25)26)3-7-17(24)21-13-4-6-16(19-11-13)22-9-1-8-20-22/h1-11H,(H,21,24)/b7-3+. The molecule has 0 aliphatic carbocycles. The van der Waals surface area contributed by atoms with Crippen molar-refractivity contribution in [2.75, 3.05) is 5.32 Å². The number of carbonyl (C=O) groups excluding carboxylic acids is 1. The second-order valence-electron chi connectivity index (χ2n) is 5.15. The van der Waals surface area contributed by atoms with E-state index in [1.807, 2.05) is 0 Å². The van der Waals surface area contributed by atoms with Crippen LogP contribution >= 0.6 is 11.6 Å². The number of nitrogens with one attached hydrogen (secondary N) is 1. The largest absolute Gasteiger partial charge is 0.321 e. The number of halogens is 1. The van der Waals surface area contributed by atoms with Gasteiger partial charge in [0, 0.05) is 24.5 Å². The highest BCUT2D eigenvalue weighted by Crippen LogP contribution is 2.25. The molecule has 1 N–H and O–H groups in total. The number of amides is 1. The van der Waals surface area contributed by atoms with Gasteiger partial charge in [-0.3, -0.25) is 14.9 Å². The Morgan fingerprint density at radius 2 is 2.15 bits per heavy atom. The summed E-state index contributed by atoms with van der Waals surface area (Å²) in [4.78, 5) is 26.5. The van der Waals surface area contributed by atoms with Crippen LogP contribution in [0.25, 0.3) is 11.9 Å². The van der Waals surface area contributed by atoms with Crippen LogP contribution in [0.5, 0.6) is 0 Å². The summed E-state index contributed by atoms with van der Waals surface area (Å²) in [5.74, 6) is 0.230. The zero-order valence-electron chi connectivity index (χ0n) is 13.2. The summed E-state index contributed by atoms with van der Waals surface area (Å²) in [7, 11) is 0. The topological polar surface area (TPSA) is 103 Å². The van der Waals surface area contributed by atoms with E-state index in [2.05, 4.69) is 15.4 Å². The summed E-state index contributed by atoms with van der Waals surface area (Å²) in [6.07, 6.45) is 7.65. The zero-order chi connectivity index (χ0) is 18.5. The lowest BCUT2D eigenvalue weighted by Gasteiger charge is -2.04. The third-order valence-electron chi connectivity index (χ3n) is 3.35. The minimum atomic E-state index is -0.577. The molecule has 0 fully saturated rings. The van der Waals surface area contributed by atoms with Gasteiger partial charge in [0.1, 0.15) is 5.02 Å². The van der Waals surface area contributed by atoms with Crippen molar-refractivity contribution in [3.8, 4) is 5.82 Å². The number of benzene rings is 1. The number of nitro groups is 1. The van der Waals surface area contributed by atoms with E-state index in [1.54, 1.807) is 41.3 Å². The lowest BCUT2D eigenvalue weighted by Crippen LogP contribution is -2.08. The molecule has 9 heteroatoms. The van der Waals surface area contributed by atoms with Crippen molar-refractivity contribution in [1.82, 2.24) is 14.8 Å². The van der Waals surface area contributed by atoms with Gasteiger partial charge in [0.2, 0.25) is 5.91 Å². The highest BCUT2D eigenvalue weighted by atomic mass is 35.5. The molecule has 130 valence electrons. The molecule has 0 unspecified atom stereocenters. The van der Waals surface area contributed by atoms with Gasteiger partial charge in [-0.15, -0.1) is 0 Å². The number of nitrogens with zero attached hydrogens (tertiary/aromatic N) is 4. The first-order chi connectivity index (χ1) is 12.5. The van der Waals surface area contributed by atoms with E-state index in [-0.39, 0.29) is 10.7 Å². The smallest absolute Gasteiger partial charge is 0.288 e. The van der Waals surface area contributed by atoms with Gasteiger partial charge in [-0.1, -0.05) is 17.7 Å². The van der Waals surface area contributed by atoms with E-state index >= 15 is 0 Å². The van der Waals surface area contributed by atoms with E-state index in [1.165, 1.54) is 30.5 Å². The van der Waals surface area contributed by atoms with Gasteiger partial charge >= 0.3 is 0 Å². The molecule has 2 heterocycles. The first kappa shape index (κ1) is 17.3. The highest BCUT2D eigenvalue weighted by Gasteiger charge is 2.11. The highest BCUT2D eigenvalue weighted by molar-refractivity contribution is 6.32. The molecule has 0 aliphatic heterocycles. The Morgan fingerprint density at radius 3 is 2.81 bits per heavy atom. The lowest BCUT2D eigenvalue weighted by atomic mass is 10.2. The molecule has 3 rings (SSSR count). The third kappa shape index (κ3) is 4.11. The van der Waals surface area contributed by atoms with E-state index in [4.69, 9.17) is 11.6 Å². The molecule has 1 amide bonds. The van der Waals surface area contributed by atoms with Gasteiger partial charge in [0.05, 0.1) is 16.8 Å². The van der Waals surface area contributed by atoms with Crippen LogP contribution in [0.15, 0.2) is 61.1 Å². The van der Waals surface area contributed by atoms with Crippen LogP contribution in [0.1, 0.15) is 5.56 Å². The van der Waals surface area contributed by atoms with E-state index < -0.39 is 10.8 Å². The van der Waals surface area contributed by atoms with Crippen molar-refractivity contribution in [3.63, 3.8) is 0 Å². The van der Waals surface area contributed by atoms with E-state index in [0.717, 1.165) is 0 Å². The molecule has 0 saturated carbocycles. The Morgan fingerprint density at radius 1 is 1.31 bits per heavy atom. The minimum absolute atomic E-state index is 0.0416. The monoisotopic (exact) mass is 369 g/mol. The maximum Gasteiger partial charge on any atom is 0.288 e. The van der Waals surface area contributed by atoms with Crippen molar-refractivity contribution in [3.05, 3.63) is 81.8 Å². The molecule has 0 radical (unpaired) electrons. The van der Waals surface area contributed by atoms with Crippen LogP contribution in [0.2, 0.25) is 5.02 Å². The fourth-order valence-corrected chi connectivity index (χ4v) is 2.32. The van der Waals surface area contributed by atoms with Crippen molar-refractivity contribution >= 4 is 35.0 Å². The Hall–Kier alpha value is -3.52. The number of anilines is 1. The maximum absolute atomic E-state index is 12.0. The first-order valence-electron chi connectivity index (χ1n) is 7.42. The van der Waals surface area contributed by atoms with E-state index in [0.29, 0.717) is 17.1 Å². The van der Waals surface area contributed by atoms with Crippen LogP contribution in [0.3, 0.4) is 0 Å². The van der Waals surface area contributed by atoms with Crippen LogP contribution in [0, 0.1) is 10.1 Å². The van der Waals surface area contributed by atoms with Gasteiger partial charge in [-0.2, -0.15) is 5.10 Å². The third-order valence-corrected chi connectivity index (χ3v) is 3.67. The van der Waals surface area contributed by atoms with E-state index in [9.17, 15) is 14.9 Å². The molecular formula is C17H12ClN5O3. The second-order valence-corrected chi connectivity index (χ2v) is 5.55. The van der Waals surface area contributed by atoms with Crippen molar-refractivity contribution in [2.45, 2.75) is 0 Å². The summed E-state index contributed by atoms with van der Waals surface area (Å²) in [6.45, 7) is 0. The Kier molecular flexibility index (Phi) is 5.04. The van der Waals surface area contributed by atoms with Crippen LogP contribution < -0.4 is 5.32 Å². The normalized spacial score (nSPS) is 10.8. The molecule has 0 aliphatic rings. The van der Waals surface area contributed by atoms with Gasteiger partial charge < -0.3 is 5.32 Å². The van der Waals surface area contributed by atoms with Gasteiger partial charge in [-0.05, 0) is 35.9 Å². The summed E-state index contributed by atoms with van der Waals surface area (Å²) < 4.78 is 1.60. The number of nitro benzene ring substituents is 1. The maximum atomic E-state index is 12.0. The molecule has 1 aromatic carbocycles. The summed E-state index contributed by atoms with van der Waals surface area (Å²) in [6, 6.07) is 9.49. The number of rotatable bonds is 5. The first-order valence-corrected chi connectivity index (χ1v) is 7.80. The molecular weight excluding hydrogens is 358 g/mol. The molecule has 8 nitrogen and oxygen atoms in total. The lowest BCUT2D eigenvalue weighted by molar-refractivity contribution is -0.384. The molecule has 0 atom stereocenters. The summed E-state index contributed by atoms with van der Waals surface area (Å²) in [5, 5.41) is 17.6. The number of hydrogen-bond acceptors (Lipinski definition) is 5. The van der Waals surface area contributed by atoms with Crippen LogP contribution in [-0.2, 0) is 4.79 Å². The number of carbonyl (C=O) groups is 1.